The van der Waals surface area contributed by atoms with E-state index in [0.29, 0.717) is 41.2 Å². The van der Waals surface area contributed by atoms with Gasteiger partial charge in [0.2, 0.25) is 0 Å². The van der Waals surface area contributed by atoms with E-state index in [1.54, 1.807) is 16.8 Å². The topological polar surface area (TPSA) is 12.5 Å². The third kappa shape index (κ3) is 5.58. The Labute approximate surface area is 376 Å². The largest absolute Gasteiger partial charge is 0.490 e. The molecule has 0 N–H and O–H groups in total. The summed E-state index contributed by atoms with van der Waals surface area (Å²) >= 11 is 0. The molecule has 1 aliphatic heterocycles. The zero-order valence-corrected chi connectivity index (χ0v) is 39.0. The van der Waals surface area contributed by atoms with Gasteiger partial charge in [0.15, 0.2) is 0 Å². The first-order valence-electron chi connectivity index (χ1n) is 27.0. The van der Waals surface area contributed by atoms with Gasteiger partial charge in [0.1, 0.15) is 6.10 Å². The Morgan fingerprint density at radius 3 is 2.45 bits per heavy atom. The maximum atomic E-state index is 7.00. The van der Waals surface area contributed by atoms with Crippen LogP contribution in [0.15, 0.2) is 107 Å². The number of hydrogen-bond donors (Lipinski definition) is 0. The Balaban J connectivity index is 0.925. The monoisotopic (exact) mass is 830 g/mol. The molecule has 18 atom stereocenters. The molecule has 0 aromatic rings. The molecule has 0 amide bonds. The molecule has 1 spiro atoms. The summed E-state index contributed by atoms with van der Waals surface area (Å²) in [6, 6.07) is 1.12. The second kappa shape index (κ2) is 14.9. The van der Waals surface area contributed by atoms with Crippen LogP contribution in [0.25, 0.3) is 0 Å². The van der Waals surface area contributed by atoms with E-state index in [0.717, 1.165) is 59.2 Å². The van der Waals surface area contributed by atoms with Crippen molar-refractivity contribution in [2.75, 3.05) is 0 Å². The quantitative estimate of drug-likeness (QED) is 0.262. The van der Waals surface area contributed by atoms with Crippen LogP contribution in [-0.2, 0) is 4.74 Å². The van der Waals surface area contributed by atoms with Gasteiger partial charge in [-0.3, -0.25) is 0 Å². The lowest BCUT2D eigenvalue weighted by molar-refractivity contribution is -0.00850. The van der Waals surface area contributed by atoms with Gasteiger partial charge in [-0.2, -0.15) is 0 Å². The molecular formula is C60H79NO. The number of fused-ring (bicyclic) bond motifs is 14. The lowest BCUT2D eigenvalue weighted by Crippen LogP contribution is -2.54. The van der Waals surface area contributed by atoms with Gasteiger partial charge < -0.3 is 9.64 Å². The SMILES string of the molecule is CC1C=CCCC1C1CCC2=C(C1)C1(C3C=CC=CC3C3C(C)CCCC31)C1CC(N(C3=CC=C4C(C3)C3CCC=CC3C4(C)C)C3CC=CC4OC5=C(CCCC5)C43)CCC21. The second-order valence-electron chi connectivity index (χ2n) is 24.5. The standard InChI is InChI=1S/C60H79NO/c1-36-15-5-6-17-41(36)38-27-30-43-44-31-28-40(35-53(44)60(52(43)33-38)50-22-11-8-19-45(50)57-37(2)16-13-23-51(57)60)61(54-24-14-26-56-58(54)46-20-9-12-25-55(46)62-56)39-29-32-49-47(34-39)42-18-7-10-21-48(42)59(49,3)4/h5,8,10-11,14-15,19,21-22,26,29,32,36-38,40-42,44-45,47-48,50-51,53-54,56-58H,6-7,9,12-13,16-18,20,23-25,27-28,30-31,33-35H2,1-4H3. The van der Waals surface area contributed by atoms with Crippen LogP contribution in [0.4, 0.5) is 0 Å². The van der Waals surface area contributed by atoms with Crippen LogP contribution >= 0.6 is 0 Å². The van der Waals surface area contributed by atoms with Crippen LogP contribution in [-0.4, -0.2) is 23.1 Å². The lowest BCUT2D eigenvalue weighted by atomic mass is 9.53. The van der Waals surface area contributed by atoms with Gasteiger partial charge >= 0.3 is 0 Å². The molecule has 18 unspecified atom stereocenters. The summed E-state index contributed by atoms with van der Waals surface area (Å²) in [7, 11) is 0. The van der Waals surface area contributed by atoms with Crippen molar-refractivity contribution in [3.8, 4) is 0 Å². The van der Waals surface area contributed by atoms with Crippen molar-refractivity contribution in [1.82, 2.24) is 4.90 Å². The summed E-state index contributed by atoms with van der Waals surface area (Å²) in [4.78, 5) is 3.24. The van der Waals surface area contributed by atoms with E-state index in [-0.39, 0.29) is 11.5 Å². The Morgan fingerprint density at radius 2 is 1.55 bits per heavy atom. The zero-order valence-electron chi connectivity index (χ0n) is 39.0. The molecule has 4 fully saturated rings. The normalized spacial score (nSPS) is 48.9. The zero-order chi connectivity index (χ0) is 41.5. The van der Waals surface area contributed by atoms with Gasteiger partial charge in [-0.15, -0.1) is 0 Å². The van der Waals surface area contributed by atoms with Crippen molar-refractivity contribution in [2.24, 2.45) is 93.7 Å². The van der Waals surface area contributed by atoms with Crippen LogP contribution in [0.1, 0.15) is 150 Å². The van der Waals surface area contributed by atoms with Crippen molar-refractivity contribution in [3.05, 3.63) is 107 Å². The minimum absolute atomic E-state index is 0.240. The van der Waals surface area contributed by atoms with E-state index in [1.807, 2.05) is 5.57 Å². The molecule has 330 valence electrons. The highest BCUT2D eigenvalue weighted by Gasteiger charge is 2.70. The molecule has 4 saturated carbocycles. The third-order valence-electron chi connectivity index (χ3n) is 22.1. The molecule has 0 aromatic carbocycles. The molecule has 0 bridgehead atoms. The first-order chi connectivity index (χ1) is 30.3. The predicted molar refractivity (Wildman–Crippen MR) is 254 cm³/mol. The summed E-state index contributed by atoms with van der Waals surface area (Å²) in [6.07, 6.45) is 57.3. The first kappa shape index (κ1) is 39.6. The predicted octanol–water partition coefficient (Wildman–Crippen LogP) is 14.8. The van der Waals surface area contributed by atoms with Crippen molar-refractivity contribution in [2.45, 2.75) is 168 Å². The van der Waals surface area contributed by atoms with Gasteiger partial charge in [0.25, 0.3) is 0 Å². The molecule has 13 rings (SSSR count). The minimum Gasteiger partial charge on any atom is -0.490 e. The van der Waals surface area contributed by atoms with Gasteiger partial charge in [0.05, 0.1) is 5.76 Å². The highest BCUT2D eigenvalue weighted by Crippen LogP contribution is 2.76. The highest BCUT2D eigenvalue weighted by atomic mass is 16.5. The Hall–Kier alpha value is -2.74. The molecule has 13 aliphatic rings. The van der Waals surface area contributed by atoms with E-state index in [9.17, 15) is 0 Å². The Morgan fingerprint density at radius 1 is 0.694 bits per heavy atom. The molecule has 0 aromatic heterocycles. The molecule has 0 radical (unpaired) electrons. The van der Waals surface area contributed by atoms with Crippen LogP contribution in [0.3, 0.4) is 0 Å². The molecular weight excluding hydrogens is 751 g/mol. The van der Waals surface area contributed by atoms with Gasteiger partial charge in [-0.05, 0) is 203 Å². The average molecular weight is 830 g/mol. The maximum absolute atomic E-state index is 7.00. The fourth-order valence-corrected chi connectivity index (χ4v) is 20.0. The van der Waals surface area contributed by atoms with Gasteiger partial charge in [-0.25, -0.2) is 0 Å². The van der Waals surface area contributed by atoms with E-state index >= 15 is 0 Å². The smallest absolute Gasteiger partial charge is 0.125 e. The fourth-order valence-electron chi connectivity index (χ4n) is 20.0. The summed E-state index contributed by atoms with van der Waals surface area (Å²) < 4.78 is 7.00. The molecule has 2 heteroatoms. The van der Waals surface area contributed by atoms with Gasteiger partial charge in [0, 0.05) is 35.5 Å². The van der Waals surface area contributed by atoms with Crippen molar-refractivity contribution in [1.29, 1.82) is 0 Å². The average Bonchev–Trinajstić information content (AvgIpc) is 3.99. The summed E-state index contributed by atoms with van der Waals surface area (Å²) in [5.74, 6) is 12.1. The second-order valence-corrected chi connectivity index (χ2v) is 24.5. The number of allylic oxidation sites excluding steroid dienone is 15. The van der Waals surface area contributed by atoms with Gasteiger partial charge in [-0.1, -0.05) is 118 Å². The number of rotatable bonds is 4. The molecule has 62 heavy (non-hydrogen) atoms. The van der Waals surface area contributed by atoms with Crippen LogP contribution < -0.4 is 0 Å². The van der Waals surface area contributed by atoms with Crippen LogP contribution in [0, 0.1) is 93.7 Å². The summed E-state index contributed by atoms with van der Waals surface area (Å²) in [5, 5.41) is 0. The fraction of sp³-hybridized carbons (Fsp3) is 0.700. The van der Waals surface area contributed by atoms with Crippen molar-refractivity contribution in [3.63, 3.8) is 0 Å². The number of ether oxygens (including phenoxy) is 1. The van der Waals surface area contributed by atoms with Crippen LogP contribution in [0.5, 0.6) is 0 Å². The minimum atomic E-state index is 0.240. The molecule has 12 aliphatic carbocycles. The summed E-state index contributed by atoms with van der Waals surface area (Å²) in [6.45, 7) is 10.4. The highest BCUT2D eigenvalue weighted by molar-refractivity contribution is 5.45. The molecule has 0 saturated heterocycles. The van der Waals surface area contributed by atoms with Crippen molar-refractivity contribution >= 4 is 0 Å². The van der Waals surface area contributed by atoms with E-state index in [2.05, 4.69) is 111 Å². The number of nitrogens with zero attached hydrogens (tertiary/aromatic N) is 1. The Bertz CT molecular complexity index is 2110. The van der Waals surface area contributed by atoms with E-state index in [4.69, 9.17) is 4.74 Å². The number of hydrogen-bond acceptors (Lipinski definition) is 2. The van der Waals surface area contributed by atoms with E-state index in [1.165, 1.54) is 128 Å². The molecule has 1 heterocycles. The molecule has 2 nitrogen and oxygen atoms in total. The maximum Gasteiger partial charge on any atom is 0.125 e. The van der Waals surface area contributed by atoms with Crippen molar-refractivity contribution < 1.29 is 4.74 Å². The van der Waals surface area contributed by atoms with Crippen LogP contribution in [0.2, 0.25) is 0 Å². The first-order valence-corrected chi connectivity index (χ1v) is 27.0. The Kier molecular flexibility index (Phi) is 9.51. The lowest BCUT2D eigenvalue weighted by Gasteiger charge is -2.54. The summed E-state index contributed by atoms with van der Waals surface area (Å²) in [5.41, 5.74) is 9.94. The van der Waals surface area contributed by atoms with E-state index < -0.39 is 0 Å². The third-order valence-corrected chi connectivity index (χ3v) is 22.1.